The van der Waals surface area contributed by atoms with Crippen molar-refractivity contribution in [3.8, 4) is 0 Å². The summed E-state index contributed by atoms with van der Waals surface area (Å²) in [5.41, 5.74) is 1.02. The third kappa shape index (κ3) is 2.50. The van der Waals surface area contributed by atoms with Crippen molar-refractivity contribution in [1.29, 1.82) is 0 Å². The summed E-state index contributed by atoms with van der Waals surface area (Å²) in [6.45, 7) is 1.96. The van der Waals surface area contributed by atoms with Gasteiger partial charge in [-0.25, -0.2) is 0 Å². The summed E-state index contributed by atoms with van der Waals surface area (Å²) in [5.74, 6) is 0. The highest BCUT2D eigenvalue weighted by atomic mass is 35.5. The molecule has 0 radical (unpaired) electrons. The van der Waals surface area contributed by atoms with Crippen LogP contribution >= 0.6 is 11.6 Å². The van der Waals surface area contributed by atoms with Gasteiger partial charge >= 0.3 is 0 Å². The van der Waals surface area contributed by atoms with Crippen LogP contribution in [0.3, 0.4) is 0 Å². The Kier molecular flexibility index (Phi) is 3.57. The molecule has 0 saturated carbocycles. The third-order valence-corrected chi connectivity index (χ3v) is 2.25. The van der Waals surface area contributed by atoms with Crippen LogP contribution in [0.15, 0.2) is 24.3 Å². The molecule has 0 amide bonds. The lowest BCUT2D eigenvalue weighted by molar-refractivity contribution is 0.171. The first-order chi connectivity index (χ1) is 5.74. The van der Waals surface area contributed by atoms with Crippen LogP contribution in [0.1, 0.15) is 18.9 Å². The Bertz CT molecular complexity index is 247. The van der Waals surface area contributed by atoms with Gasteiger partial charge in [0.1, 0.15) is 0 Å². The summed E-state index contributed by atoms with van der Waals surface area (Å²) in [5, 5.41) is 10.1. The molecule has 1 nitrogen and oxygen atoms in total. The van der Waals surface area contributed by atoms with Crippen molar-refractivity contribution in [2.24, 2.45) is 0 Å². The van der Waals surface area contributed by atoms with E-state index >= 15 is 0 Å². The van der Waals surface area contributed by atoms with Crippen molar-refractivity contribution in [2.75, 3.05) is 0 Å². The van der Waals surface area contributed by atoms with Crippen LogP contribution in [-0.4, -0.2) is 11.2 Å². The average molecular weight is 185 g/mol. The second kappa shape index (κ2) is 4.48. The summed E-state index contributed by atoms with van der Waals surface area (Å²) in [7, 11) is 0. The highest BCUT2D eigenvalue weighted by Gasteiger charge is 2.04. The maximum Gasteiger partial charge on any atom is 0.0578 e. The van der Waals surface area contributed by atoms with Gasteiger partial charge in [0.2, 0.25) is 0 Å². The summed E-state index contributed by atoms with van der Waals surface area (Å²) >= 11 is 5.91. The molecule has 2 heteroatoms. The Morgan fingerprint density at radius 1 is 1.42 bits per heavy atom. The van der Waals surface area contributed by atoms with Crippen LogP contribution in [0.4, 0.5) is 0 Å². The average Bonchev–Trinajstić information content (AvgIpc) is 2.09. The molecular formula is C10H13ClO. The van der Waals surface area contributed by atoms with Crippen LogP contribution in [-0.2, 0) is 6.42 Å². The van der Waals surface area contributed by atoms with Crippen LogP contribution in [0.25, 0.3) is 0 Å². The van der Waals surface area contributed by atoms with Gasteiger partial charge in [-0.2, -0.15) is 0 Å². The van der Waals surface area contributed by atoms with Crippen LogP contribution < -0.4 is 0 Å². The van der Waals surface area contributed by atoms with Crippen molar-refractivity contribution >= 4 is 11.6 Å². The highest BCUT2D eigenvalue weighted by Crippen LogP contribution is 2.17. The molecule has 12 heavy (non-hydrogen) atoms. The van der Waals surface area contributed by atoms with E-state index in [1.807, 2.05) is 31.2 Å². The number of benzene rings is 1. The zero-order chi connectivity index (χ0) is 8.97. The summed E-state index contributed by atoms with van der Waals surface area (Å²) < 4.78 is 0. The molecule has 0 aromatic heterocycles. The Morgan fingerprint density at radius 3 is 2.67 bits per heavy atom. The molecule has 1 N–H and O–H groups in total. The summed E-state index contributed by atoms with van der Waals surface area (Å²) in [4.78, 5) is 0. The Morgan fingerprint density at radius 2 is 2.08 bits per heavy atom. The van der Waals surface area contributed by atoms with Crippen LogP contribution in [0.5, 0.6) is 0 Å². The molecule has 0 spiro atoms. The first-order valence-corrected chi connectivity index (χ1v) is 4.53. The Balaban J connectivity index is 2.69. The summed E-state index contributed by atoms with van der Waals surface area (Å²) in [6.07, 6.45) is 1.14. The molecular weight excluding hydrogens is 172 g/mol. The van der Waals surface area contributed by atoms with Gasteiger partial charge in [-0.3, -0.25) is 0 Å². The van der Waals surface area contributed by atoms with Crippen molar-refractivity contribution in [3.63, 3.8) is 0 Å². The second-order valence-corrected chi connectivity index (χ2v) is 3.26. The predicted molar refractivity (Wildman–Crippen MR) is 51.5 cm³/mol. The molecule has 0 fully saturated rings. The molecule has 66 valence electrons. The lowest BCUT2D eigenvalue weighted by Crippen LogP contribution is -2.08. The van der Waals surface area contributed by atoms with E-state index < -0.39 is 0 Å². The number of hydrogen-bond donors (Lipinski definition) is 1. The predicted octanol–water partition coefficient (Wildman–Crippen LogP) is 2.65. The number of rotatable bonds is 3. The molecule has 0 saturated heterocycles. The van der Waals surface area contributed by atoms with Crippen LogP contribution in [0.2, 0.25) is 5.02 Å². The van der Waals surface area contributed by atoms with E-state index in [-0.39, 0.29) is 6.10 Å². The Hall–Kier alpha value is -0.530. The molecule has 0 aliphatic rings. The molecule has 1 atom stereocenters. The third-order valence-electron chi connectivity index (χ3n) is 1.88. The van der Waals surface area contributed by atoms with Crippen molar-refractivity contribution in [1.82, 2.24) is 0 Å². The molecule has 1 aromatic carbocycles. The molecule has 1 rings (SSSR count). The SMILES string of the molecule is CC[C@H](O)Cc1ccccc1Cl. The molecule has 0 bridgehead atoms. The fourth-order valence-electron chi connectivity index (χ4n) is 1.06. The summed E-state index contributed by atoms with van der Waals surface area (Å²) in [6, 6.07) is 7.62. The minimum absolute atomic E-state index is 0.273. The van der Waals surface area contributed by atoms with Gasteiger partial charge < -0.3 is 5.11 Å². The zero-order valence-electron chi connectivity index (χ0n) is 7.13. The quantitative estimate of drug-likeness (QED) is 0.766. The topological polar surface area (TPSA) is 20.2 Å². The standard InChI is InChI=1S/C10H13ClO/c1-2-9(12)7-8-5-3-4-6-10(8)11/h3-6,9,12H,2,7H2,1H3/t9-/m0/s1. The van der Waals surface area contributed by atoms with Gasteiger partial charge in [-0.05, 0) is 24.5 Å². The van der Waals surface area contributed by atoms with Gasteiger partial charge in [0.15, 0.2) is 0 Å². The second-order valence-electron chi connectivity index (χ2n) is 2.86. The van der Waals surface area contributed by atoms with E-state index in [2.05, 4.69) is 0 Å². The van der Waals surface area contributed by atoms with Gasteiger partial charge in [-0.15, -0.1) is 0 Å². The molecule has 0 aliphatic carbocycles. The van der Waals surface area contributed by atoms with E-state index in [0.717, 1.165) is 17.0 Å². The molecule has 0 heterocycles. The van der Waals surface area contributed by atoms with Gasteiger partial charge in [0, 0.05) is 5.02 Å². The normalized spacial score (nSPS) is 12.9. The minimum Gasteiger partial charge on any atom is -0.393 e. The zero-order valence-corrected chi connectivity index (χ0v) is 7.88. The van der Waals surface area contributed by atoms with Gasteiger partial charge in [0.25, 0.3) is 0 Å². The van der Waals surface area contributed by atoms with E-state index in [1.54, 1.807) is 0 Å². The van der Waals surface area contributed by atoms with E-state index in [0.29, 0.717) is 6.42 Å². The lowest BCUT2D eigenvalue weighted by Gasteiger charge is -2.08. The first kappa shape index (κ1) is 9.56. The molecule has 0 aliphatic heterocycles. The number of hydrogen-bond acceptors (Lipinski definition) is 1. The minimum atomic E-state index is -0.273. The monoisotopic (exact) mass is 184 g/mol. The highest BCUT2D eigenvalue weighted by molar-refractivity contribution is 6.31. The number of halogens is 1. The fraction of sp³-hybridized carbons (Fsp3) is 0.400. The molecule has 0 unspecified atom stereocenters. The van der Waals surface area contributed by atoms with Crippen molar-refractivity contribution in [3.05, 3.63) is 34.9 Å². The van der Waals surface area contributed by atoms with Crippen molar-refractivity contribution < 1.29 is 5.11 Å². The van der Waals surface area contributed by atoms with Crippen molar-refractivity contribution in [2.45, 2.75) is 25.9 Å². The smallest absolute Gasteiger partial charge is 0.0578 e. The lowest BCUT2D eigenvalue weighted by atomic mass is 10.1. The van der Waals surface area contributed by atoms with Crippen LogP contribution in [0, 0.1) is 0 Å². The fourth-order valence-corrected chi connectivity index (χ4v) is 1.28. The first-order valence-electron chi connectivity index (χ1n) is 4.15. The van der Waals surface area contributed by atoms with Gasteiger partial charge in [0.05, 0.1) is 6.10 Å². The largest absolute Gasteiger partial charge is 0.393 e. The van der Waals surface area contributed by atoms with E-state index in [1.165, 1.54) is 0 Å². The van der Waals surface area contributed by atoms with E-state index in [4.69, 9.17) is 11.6 Å². The van der Waals surface area contributed by atoms with Gasteiger partial charge in [-0.1, -0.05) is 36.7 Å². The maximum absolute atomic E-state index is 9.38. The Labute approximate surface area is 78.0 Å². The number of aliphatic hydroxyl groups excluding tert-OH is 1. The number of aliphatic hydroxyl groups is 1. The van der Waals surface area contributed by atoms with E-state index in [9.17, 15) is 5.11 Å². The molecule has 1 aromatic rings. The maximum atomic E-state index is 9.38.